The topological polar surface area (TPSA) is 49.5 Å². The Morgan fingerprint density at radius 2 is 2.10 bits per heavy atom. The quantitative estimate of drug-likeness (QED) is 0.918. The van der Waals surface area contributed by atoms with Crippen LogP contribution in [0.4, 0.5) is 0 Å². The van der Waals surface area contributed by atoms with Crippen molar-refractivity contribution < 1.29 is 9.52 Å². The highest BCUT2D eigenvalue weighted by atomic mass is 79.9. The summed E-state index contributed by atoms with van der Waals surface area (Å²) in [7, 11) is 0. The first-order valence-electron chi connectivity index (χ1n) is 7.28. The molecule has 0 aliphatic carbocycles. The van der Waals surface area contributed by atoms with Crippen LogP contribution >= 0.6 is 15.9 Å². The van der Waals surface area contributed by atoms with E-state index in [4.69, 9.17) is 4.42 Å². The van der Waals surface area contributed by atoms with Crippen molar-refractivity contribution in [2.24, 2.45) is 5.92 Å². The fourth-order valence-electron chi connectivity index (χ4n) is 2.88. The molecule has 0 bridgehead atoms. The fraction of sp³-hybridized carbons (Fsp3) is 0.438. The summed E-state index contributed by atoms with van der Waals surface area (Å²) in [6.45, 7) is 2.79. The van der Waals surface area contributed by atoms with Gasteiger partial charge in [0.05, 0.1) is 18.3 Å². The number of hydrogen-bond donors (Lipinski definition) is 1. The second-order valence-corrected chi connectivity index (χ2v) is 6.30. The maximum absolute atomic E-state index is 10.4. The van der Waals surface area contributed by atoms with Crippen molar-refractivity contribution in [2.45, 2.75) is 25.5 Å². The Balaban J connectivity index is 1.53. The van der Waals surface area contributed by atoms with Crippen molar-refractivity contribution in [2.75, 3.05) is 13.1 Å². The molecule has 112 valence electrons. The van der Waals surface area contributed by atoms with Gasteiger partial charge in [-0.15, -0.1) is 0 Å². The van der Waals surface area contributed by atoms with Gasteiger partial charge < -0.3 is 9.52 Å². The van der Waals surface area contributed by atoms with Crippen molar-refractivity contribution in [3.63, 3.8) is 0 Å². The van der Waals surface area contributed by atoms with Crippen LogP contribution in [0.25, 0.3) is 0 Å². The summed E-state index contributed by atoms with van der Waals surface area (Å²) < 4.78 is 6.32. The van der Waals surface area contributed by atoms with E-state index < -0.39 is 6.10 Å². The van der Waals surface area contributed by atoms with Gasteiger partial charge in [0, 0.05) is 6.20 Å². The second-order valence-electron chi connectivity index (χ2n) is 5.52. The van der Waals surface area contributed by atoms with Crippen molar-refractivity contribution in [1.29, 1.82) is 0 Å². The number of piperidine rings is 1. The lowest BCUT2D eigenvalue weighted by molar-refractivity contribution is 0.0521. The molecule has 2 aromatic rings. The zero-order valence-corrected chi connectivity index (χ0v) is 13.4. The number of aromatic nitrogens is 1. The van der Waals surface area contributed by atoms with Crippen molar-refractivity contribution in [3.8, 4) is 0 Å². The Morgan fingerprint density at radius 3 is 2.71 bits per heavy atom. The number of nitrogens with zero attached hydrogens (tertiary/aromatic N) is 2. The van der Waals surface area contributed by atoms with Crippen LogP contribution in [0, 0.1) is 5.92 Å². The lowest BCUT2D eigenvalue weighted by Crippen LogP contribution is -2.35. The Morgan fingerprint density at radius 1 is 1.29 bits per heavy atom. The van der Waals surface area contributed by atoms with E-state index in [1.165, 1.54) is 0 Å². The highest BCUT2D eigenvalue weighted by molar-refractivity contribution is 9.10. The summed E-state index contributed by atoms with van der Waals surface area (Å²) in [6.07, 6.45) is 3.26. The molecule has 3 rings (SSSR count). The number of halogens is 1. The van der Waals surface area contributed by atoms with E-state index in [-0.39, 0.29) is 0 Å². The summed E-state index contributed by atoms with van der Waals surface area (Å²) in [6, 6.07) is 9.62. The van der Waals surface area contributed by atoms with E-state index in [1.807, 2.05) is 30.3 Å². The molecule has 1 aliphatic heterocycles. The predicted molar refractivity (Wildman–Crippen MR) is 83.6 cm³/mol. The Kier molecular flexibility index (Phi) is 4.73. The third kappa shape index (κ3) is 3.73. The summed E-state index contributed by atoms with van der Waals surface area (Å²) in [4.78, 5) is 6.63. The average molecular weight is 351 g/mol. The molecule has 1 N–H and O–H groups in total. The number of pyridine rings is 1. The van der Waals surface area contributed by atoms with Gasteiger partial charge in [0.1, 0.15) is 5.76 Å². The fourth-order valence-corrected chi connectivity index (χ4v) is 3.22. The third-order valence-corrected chi connectivity index (χ3v) is 4.50. The number of furan rings is 1. The van der Waals surface area contributed by atoms with Gasteiger partial charge in [-0.1, -0.05) is 6.07 Å². The summed E-state index contributed by atoms with van der Waals surface area (Å²) in [5.41, 5.74) is 0.783. The van der Waals surface area contributed by atoms with E-state index >= 15 is 0 Å². The first kappa shape index (κ1) is 14.8. The standard InChI is InChI=1S/C16H19BrN2O2/c17-15-5-4-13(21-15)11-19-9-6-12(7-10-19)16(20)14-3-1-2-8-18-14/h1-5,8,12,16,20H,6-7,9-11H2. The maximum Gasteiger partial charge on any atom is 0.169 e. The zero-order chi connectivity index (χ0) is 14.7. The minimum Gasteiger partial charge on any atom is -0.453 e. The third-order valence-electron chi connectivity index (χ3n) is 4.08. The number of aliphatic hydroxyl groups excluding tert-OH is 1. The Bertz CT molecular complexity index is 565. The molecule has 5 heteroatoms. The van der Waals surface area contributed by atoms with E-state index in [2.05, 4.69) is 25.8 Å². The van der Waals surface area contributed by atoms with Crippen LogP contribution in [-0.4, -0.2) is 28.1 Å². The van der Waals surface area contributed by atoms with Gasteiger partial charge in [-0.3, -0.25) is 9.88 Å². The molecule has 2 aromatic heterocycles. The van der Waals surface area contributed by atoms with Crippen molar-refractivity contribution >= 4 is 15.9 Å². The van der Waals surface area contributed by atoms with Gasteiger partial charge in [-0.2, -0.15) is 0 Å². The van der Waals surface area contributed by atoms with Gasteiger partial charge in [0.15, 0.2) is 4.67 Å². The molecule has 0 radical (unpaired) electrons. The first-order valence-corrected chi connectivity index (χ1v) is 8.07. The van der Waals surface area contributed by atoms with Crippen LogP contribution in [0.15, 0.2) is 45.6 Å². The molecular weight excluding hydrogens is 332 g/mol. The molecule has 0 aromatic carbocycles. The molecule has 3 heterocycles. The molecule has 1 unspecified atom stereocenters. The smallest absolute Gasteiger partial charge is 0.169 e. The van der Waals surface area contributed by atoms with Crippen LogP contribution in [0.5, 0.6) is 0 Å². The van der Waals surface area contributed by atoms with Gasteiger partial charge in [-0.05, 0) is 72.0 Å². The summed E-state index contributed by atoms with van der Waals surface area (Å²) in [5, 5.41) is 10.4. The number of rotatable bonds is 4. The van der Waals surface area contributed by atoms with Crippen LogP contribution in [0.2, 0.25) is 0 Å². The Labute approximate surface area is 132 Å². The summed E-state index contributed by atoms with van der Waals surface area (Å²) in [5.74, 6) is 1.27. The van der Waals surface area contributed by atoms with Crippen molar-refractivity contribution in [1.82, 2.24) is 9.88 Å². The van der Waals surface area contributed by atoms with E-state index in [9.17, 15) is 5.11 Å². The van der Waals surface area contributed by atoms with Crippen LogP contribution < -0.4 is 0 Å². The number of likely N-dealkylation sites (tertiary alicyclic amines) is 1. The average Bonchev–Trinajstić information content (AvgIpc) is 2.93. The molecule has 0 spiro atoms. The van der Waals surface area contributed by atoms with Gasteiger partial charge >= 0.3 is 0 Å². The van der Waals surface area contributed by atoms with Gasteiger partial charge in [-0.25, -0.2) is 0 Å². The Hall–Kier alpha value is -1.17. The summed E-state index contributed by atoms with van der Waals surface area (Å²) >= 11 is 3.33. The lowest BCUT2D eigenvalue weighted by Gasteiger charge is -2.33. The SMILES string of the molecule is OC(c1ccccn1)C1CCN(Cc2ccc(Br)o2)CC1. The van der Waals surface area contributed by atoms with E-state index in [1.54, 1.807) is 6.20 Å². The number of hydrogen-bond acceptors (Lipinski definition) is 4. The number of aliphatic hydroxyl groups is 1. The molecule has 1 atom stereocenters. The van der Waals surface area contributed by atoms with Gasteiger partial charge in [0.25, 0.3) is 0 Å². The molecule has 1 aliphatic rings. The molecule has 0 amide bonds. The maximum atomic E-state index is 10.4. The molecule has 0 saturated carbocycles. The zero-order valence-electron chi connectivity index (χ0n) is 11.8. The van der Waals surface area contributed by atoms with Crippen LogP contribution in [-0.2, 0) is 6.54 Å². The van der Waals surface area contributed by atoms with Crippen LogP contribution in [0.1, 0.15) is 30.4 Å². The monoisotopic (exact) mass is 350 g/mol. The second kappa shape index (κ2) is 6.73. The molecule has 4 nitrogen and oxygen atoms in total. The predicted octanol–water partition coefficient (Wildman–Crippen LogP) is 3.38. The normalized spacial score (nSPS) is 18.8. The lowest BCUT2D eigenvalue weighted by atomic mass is 9.89. The van der Waals surface area contributed by atoms with Gasteiger partial charge in [0.2, 0.25) is 0 Å². The molecule has 1 fully saturated rings. The molecular formula is C16H19BrN2O2. The molecule has 1 saturated heterocycles. The van der Waals surface area contributed by atoms with E-state index in [0.717, 1.165) is 48.6 Å². The van der Waals surface area contributed by atoms with E-state index in [0.29, 0.717) is 5.92 Å². The minimum absolute atomic E-state index is 0.291. The van der Waals surface area contributed by atoms with Crippen LogP contribution in [0.3, 0.4) is 0 Å². The first-order chi connectivity index (χ1) is 10.2. The largest absolute Gasteiger partial charge is 0.453 e. The molecule has 21 heavy (non-hydrogen) atoms. The minimum atomic E-state index is -0.453. The highest BCUT2D eigenvalue weighted by Crippen LogP contribution is 2.30. The highest BCUT2D eigenvalue weighted by Gasteiger charge is 2.27. The van der Waals surface area contributed by atoms with Crippen molar-refractivity contribution in [3.05, 3.63) is 52.7 Å².